The summed E-state index contributed by atoms with van der Waals surface area (Å²) in [5, 5.41) is 13.8. The highest BCUT2D eigenvalue weighted by atomic mass is 16.5. The van der Waals surface area contributed by atoms with Crippen molar-refractivity contribution in [3.8, 4) is 0 Å². The first-order valence-corrected chi connectivity index (χ1v) is 6.41. The van der Waals surface area contributed by atoms with Crippen LogP contribution in [-0.2, 0) is 14.3 Å². The van der Waals surface area contributed by atoms with Crippen molar-refractivity contribution in [1.29, 1.82) is 0 Å². The minimum absolute atomic E-state index is 0.0927. The highest BCUT2D eigenvalue weighted by molar-refractivity contribution is 5.73. The molecule has 1 aliphatic rings. The van der Waals surface area contributed by atoms with Crippen LogP contribution in [0.1, 0.15) is 19.8 Å². The number of carboxylic acid groups (broad SMARTS) is 1. The molecule has 0 spiro atoms. The average Bonchev–Trinajstić information content (AvgIpc) is 2.37. The Hall–Kier alpha value is -1.34. The molecule has 0 unspecified atom stereocenters. The van der Waals surface area contributed by atoms with Crippen LogP contribution in [-0.4, -0.2) is 56.6 Å². The van der Waals surface area contributed by atoms with Gasteiger partial charge in [-0.15, -0.1) is 0 Å². The zero-order valence-corrected chi connectivity index (χ0v) is 11.2. The summed E-state index contributed by atoms with van der Waals surface area (Å²) >= 11 is 0. The number of aliphatic carboxylic acids is 1. The van der Waals surface area contributed by atoms with Gasteiger partial charge in [-0.25, -0.2) is 9.59 Å². The number of carbonyl (C=O) groups excluding carboxylic acids is 1. The van der Waals surface area contributed by atoms with Gasteiger partial charge in [0.25, 0.3) is 0 Å². The summed E-state index contributed by atoms with van der Waals surface area (Å²) in [6, 6.07) is -0.258. The van der Waals surface area contributed by atoms with Crippen molar-refractivity contribution in [2.75, 3.05) is 39.5 Å². The van der Waals surface area contributed by atoms with Crippen molar-refractivity contribution in [3.63, 3.8) is 0 Å². The van der Waals surface area contributed by atoms with Crippen LogP contribution in [0.4, 0.5) is 4.79 Å². The molecule has 0 atom stereocenters. The molecule has 0 aromatic heterocycles. The van der Waals surface area contributed by atoms with Gasteiger partial charge in [0.05, 0.1) is 6.61 Å². The normalized spacial score (nSPS) is 17.7. The summed E-state index contributed by atoms with van der Waals surface area (Å²) in [5.41, 5.74) is 0.0927. The second-order valence-electron chi connectivity index (χ2n) is 4.98. The van der Waals surface area contributed by atoms with Crippen LogP contribution in [0.3, 0.4) is 0 Å². The molecule has 110 valence electrons. The zero-order valence-electron chi connectivity index (χ0n) is 11.2. The van der Waals surface area contributed by atoms with E-state index in [0.717, 1.165) is 26.1 Å². The predicted octanol–water partition coefficient (Wildman–Crippen LogP) is 0.204. The molecule has 0 bridgehead atoms. The molecule has 0 aromatic carbocycles. The largest absolute Gasteiger partial charge is 0.480 e. The van der Waals surface area contributed by atoms with Crippen molar-refractivity contribution in [2.45, 2.75) is 19.8 Å². The molecular formula is C12H22N2O5. The van der Waals surface area contributed by atoms with E-state index in [2.05, 4.69) is 17.6 Å². The van der Waals surface area contributed by atoms with Crippen molar-refractivity contribution in [1.82, 2.24) is 10.6 Å². The van der Waals surface area contributed by atoms with Crippen molar-refractivity contribution in [2.24, 2.45) is 5.41 Å². The molecule has 19 heavy (non-hydrogen) atoms. The molecule has 3 N–H and O–H groups in total. The van der Waals surface area contributed by atoms with E-state index in [-0.39, 0.29) is 24.7 Å². The van der Waals surface area contributed by atoms with Gasteiger partial charge in [-0.3, -0.25) is 0 Å². The lowest BCUT2D eigenvalue weighted by molar-refractivity contribution is -0.142. The van der Waals surface area contributed by atoms with Crippen molar-refractivity contribution >= 4 is 12.0 Å². The van der Waals surface area contributed by atoms with Gasteiger partial charge in [0.15, 0.2) is 0 Å². The van der Waals surface area contributed by atoms with Gasteiger partial charge in [0, 0.05) is 26.3 Å². The molecule has 2 amide bonds. The molecule has 1 saturated heterocycles. The van der Waals surface area contributed by atoms with Crippen LogP contribution in [0.15, 0.2) is 0 Å². The first kappa shape index (κ1) is 15.7. The van der Waals surface area contributed by atoms with Gasteiger partial charge in [-0.05, 0) is 18.3 Å². The molecule has 0 aliphatic carbocycles. The number of carbonyl (C=O) groups is 2. The lowest BCUT2D eigenvalue weighted by atomic mass is 9.82. The summed E-state index contributed by atoms with van der Waals surface area (Å²) in [7, 11) is 0. The maximum atomic E-state index is 11.5. The van der Waals surface area contributed by atoms with Gasteiger partial charge >= 0.3 is 12.0 Å². The number of urea groups is 1. The van der Waals surface area contributed by atoms with Gasteiger partial charge < -0.3 is 25.2 Å². The van der Waals surface area contributed by atoms with E-state index in [1.807, 2.05) is 0 Å². The van der Waals surface area contributed by atoms with Crippen LogP contribution in [0.2, 0.25) is 0 Å². The Morgan fingerprint density at radius 1 is 1.32 bits per heavy atom. The minimum Gasteiger partial charge on any atom is -0.480 e. The molecule has 1 aliphatic heterocycles. The fourth-order valence-electron chi connectivity index (χ4n) is 1.79. The van der Waals surface area contributed by atoms with E-state index < -0.39 is 5.97 Å². The number of nitrogens with one attached hydrogen (secondary N) is 2. The molecule has 7 heteroatoms. The van der Waals surface area contributed by atoms with Crippen LogP contribution in [0, 0.1) is 5.41 Å². The second-order valence-corrected chi connectivity index (χ2v) is 4.98. The number of amides is 2. The fourth-order valence-corrected chi connectivity index (χ4v) is 1.79. The van der Waals surface area contributed by atoms with Crippen LogP contribution in [0.5, 0.6) is 0 Å². The molecule has 0 radical (unpaired) electrons. The number of ether oxygens (including phenoxy) is 2. The molecule has 7 nitrogen and oxygen atoms in total. The lowest BCUT2D eigenvalue weighted by Crippen LogP contribution is -2.44. The first-order chi connectivity index (χ1) is 9.02. The third kappa shape index (κ3) is 6.97. The molecule has 1 fully saturated rings. The Balaban J connectivity index is 2.05. The minimum atomic E-state index is -1.02. The van der Waals surface area contributed by atoms with Crippen LogP contribution in [0.25, 0.3) is 0 Å². The third-order valence-corrected chi connectivity index (χ3v) is 3.13. The molecular weight excluding hydrogens is 252 g/mol. The SMILES string of the molecule is CC1(CNC(=O)NCCOCC(=O)O)CCOCC1. The van der Waals surface area contributed by atoms with Gasteiger partial charge in [-0.2, -0.15) is 0 Å². The summed E-state index contributed by atoms with van der Waals surface area (Å²) in [6.07, 6.45) is 1.88. The third-order valence-electron chi connectivity index (χ3n) is 3.13. The van der Waals surface area contributed by atoms with E-state index in [0.29, 0.717) is 13.1 Å². The van der Waals surface area contributed by atoms with E-state index in [1.54, 1.807) is 0 Å². The fraction of sp³-hybridized carbons (Fsp3) is 0.833. The smallest absolute Gasteiger partial charge is 0.329 e. The van der Waals surface area contributed by atoms with Crippen molar-refractivity contribution < 1.29 is 24.2 Å². The Kier molecular flexibility index (Phi) is 6.58. The van der Waals surface area contributed by atoms with E-state index in [9.17, 15) is 9.59 Å². The van der Waals surface area contributed by atoms with Gasteiger partial charge in [0.1, 0.15) is 6.61 Å². The topological polar surface area (TPSA) is 96.9 Å². The van der Waals surface area contributed by atoms with Crippen molar-refractivity contribution in [3.05, 3.63) is 0 Å². The number of carboxylic acids is 1. The highest BCUT2D eigenvalue weighted by Crippen LogP contribution is 2.28. The molecule has 1 heterocycles. The lowest BCUT2D eigenvalue weighted by Gasteiger charge is -2.33. The van der Waals surface area contributed by atoms with E-state index in [1.165, 1.54) is 0 Å². The Labute approximate surface area is 112 Å². The van der Waals surface area contributed by atoms with Gasteiger partial charge in [-0.1, -0.05) is 6.92 Å². The van der Waals surface area contributed by atoms with Crippen LogP contribution < -0.4 is 10.6 Å². The maximum absolute atomic E-state index is 11.5. The summed E-state index contributed by atoms with van der Waals surface area (Å²) in [5.74, 6) is -1.02. The van der Waals surface area contributed by atoms with E-state index in [4.69, 9.17) is 14.6 Å². The first-order valence-electron chi connectivity index (χ1n) is 6.41. The van der Waals surface area contributed by atoms with Gasteiger partial charge in [0.2, 0.25) is 0 Å². The predicted molar refractivity (Wildman–Crippen MR) is 68.0 cm³/mol. The van der Waals surface area contributed by atoms with E-state index >= 15 is 0 Å². The average molecular weight is 274 g/mol. The Bertz CT molecular complexity index is 302. The summed E-state index contributed by atoms with van der Waals surface area (Å²) in [6.45, 7) is 4.35. The number of hydrogen-bond acceptors (Lipinski definition) is 4. The monoisotopic (exact) mass is 274 g/mol. The maximum Gasteiger partial charge on any atom is 0.329 e. The summed E-state index contributed by atoms with van der Waals surface area (Å²) < 4.78 is 10.1. The Morgan fingerprint density at radius 3 is 2.63 bits per heavy atom. The Morgan fingerprint density at radius 2 is 2.00 bits per heavy atom. The number of rotatable bonds is 7. The molecule has 0 aromatic rings. The molecule has 1 rings (SSSR count). The molecule has 0 saturated carbocycles. The second kappa shape index (κ2) is 7.96. The van der Waals surface area contributed by atoms with Crippen LogP contribution >= 0.6 is 0 Å². The standard InChI is InChI=1S/C12H22N2O5/c1-12(2-5-18-6-3-12)9-14-11(17)13-4-7-19-8-10(15)16/h2-9H2,1H3,(H,15,16)(H2,13,14,17). The summed E-state index contributed by atoms with van der Waals surface area (Å²) in [4.78, 5) is 21.7. The quantitative estimate of drug-likeness (QED) is 0.576. The zero-order chi connectivity index (χ0) is 14.1. The number of hydrogen-bond donors (Lipinski definition) is 3. The highest BCUT2D eigenvalue weighted by Gasteiger charge is 2.27.